The standard InChI is InChI=1S/C22H40N4OS2/c1-4-5-6-7-8-9-13-16-19(28)24-17-14-11-10-12-15-18-20(27-2)25-22(23)26-21(18)29-3/h4-17H2,1-3H3,(H,24,28)(H2,23,25,26). The Morgan fingerprint density at radius 2 is 1.66 bits per heavy atom. The number of aromatic nitrogens is 2. The van der Waals surface area contributed by atoms with E-state index in [1.165, 1.54) is 57.8 Å². The lowest BCUT2D eigenvalue weighted by atomic mass is 10.1. The summed E-state index contributed by atoms with van der Waals surface area (Å²) in [5, 5.41) is 4.34. The minimum Gasteiger partial charge on any atom is -0.481 e. The van der Waals surface area contributed by atoms with Crippen molar-refractivity contribution in [2.45, 2.75) is 95.4 Å². The quantitative estimate of drug-likeness (QED) is 0.134. The normalized spacial score (nSPS) is 10.9. The summed E-state index contributed by atoms with van der Waals surface area (Å²) in [5.41, 5.74) is 6.82. The highest BCUT2D eigenvalue weighted by molar-refractivity contribution is 7.98. The number of thioether (sulfide) groups is 1. The van der Waals surface area contributed by atoms with E-state index in [0.717, 1.165) is 47.8 Å². The van der Waals surface area contributed by atoms with E-state index in [1.54, 1.807) is 18.9 Å². The average molecular weight is 441 g/mol. The molecule has 166 valence electrons. The monoisotopic (exact) mass is 440 g/mol. The molecular formula is C22H40N4OS2. The molecule has 0 fully saturated rings. The number of unbranched alkanes of at least 4 members (excludes halogenated alkanes) is 9. The Balaban J connectivity index is 2.08. The van der Waals surface area contributed by atoms with Crippen molar-refractivity contribution in [1.82, 2.24) is 15.3 Å². The van der Waals surface area contributed by atoms with Gasteiger partial charge in [0.15, 0.2) is 0 Å². The number of anilines is 1. The molecule has 0 amide bonds. The summed E-state index contributed by atoms with van der Waals surface area (Å²) in [6, 6.07) is 0. The maximum Gasteiger partial charge on any atom is 0.224 e. The molecule has 0 aliphatic heterocycles. The number of rotatable bonds is 17. The number of hydrogen-bond donors (Lipinski definition) is 2. The zero-order chi connectivity index (χ0) is 21.3. The number of methoxy groups -OCH3 is 1. The molecule has 7 heteroatoms. The largest absolute Gasteiger partial charge is 0.481 e. The van der Waals surface area contributed by atoms with Crippen LogP contribution in [0, 0.1) is 0 Å². The van der Waals surface area contributed by atoms with Gasteiger partial charge in [-0.25, -0.2) is 4.98 Å². The zero-order valence-electron chi connectivity index (χ0n) is 18.6. The second kappa shape index (κ2) is 16.7. The summed E-state index contributed by atoms with van der Waals surface area (Å²) in [7, 11) is 1.64. The van der Waals surface area contributed by atoms with Crippen molar-refractivity contribution < 1.29 is 4.74 Å². The molecule has 1 rings (SSSR count). The van der Waals surface area contributed by atoms with E-state index < -0.39 is 0 Å². The first kappa shape index (κ1) is 26.0. The summed E-state index contributed by atoms with van der Waals surface area (Å²) in [6.45, 7) is 3.25. The van der Waals surface area contributed by atoms with Crippen LogP contribution in [0.5, 0.6) is 5.88 Å². The van der Waals surface area contributed by atoms with E-state index >= 15 is 0 Å². The van der Waals surface area contributed by atoms with Crippen molar-refractivity contribution in [2.24, 2.45) is 0 Å². The second-order valence-corrected chi connectivity index (χ2v) is 8.75. The van der Waals surface area contributed by atoms with Gasteiger partial charge in [0.1, 0.15) is 5.03 Å². The molecule has 29 heavy (non-hydrogen) atoms. The van der Waals surface area contributed by atoms with Gasteiger partial charge in [-0.2, -0.15) is 4.98 Å². The molecule has 0 bridgehead atoms. The Labute approximate surface area is 187 Å². The molecule has 0 radical (unpaired) electrons. The van der Waals surface area contributed by atoms with Crippen molar-refractivity contribution in [3.05, 3.63) is 5.56 Å². The minimum absolute atomic E-state index is 0.272. The Morgan fingerprint density at radius 1 is 1.00 bits per heavy atom. The predicted molar refractivity (Wildman–Crippen MR) is 130 cm³/mol. The van der Waals surface area contributed by atoms with E-state index in [2.05, 4.69) is 22.2 Å². The Morgan fingerprint density at radius 3 is 2.34 bits per heavy atom. The van der Waals surface area contributed by atoms with Crippen molar-refractivity contribution in [3.63, 3.8) is 0 Å². The fourth-order valence-electron chi connectivity index (χ4n) is 3.35. The average Bonchev–Trinajstić information content (AvgIpc) is 2.72. The Bertz CT molecular complexity index is 559. The fourth-order valence-corrected chi connectivity index (χ4v) is 4.22. The van der Waals surface area contributed by atoms with E-state index in [9.17, 15) is 0 Å². The highest BCUT2D eigenvalue weighted by atomic mass is 32.2. The molecule has 1 aromatic rings. The maximum absolute atomic E-state index is 5.74. The molecule has 0 aromatic carbocycles. The Hall–Kier alpha value is -1.08. The van der Waals surface area contributed by atoms with Gasteiger partial charge in [0.25, 0.3) is 0 Å². The molecule has 5 nitrogen and oxygen atoms in total. The van der Waals surface area contributed by atoms with E-state index in [-0.39, 0.29) is 5.95 Å². The van der Waals surface area contributed by atoms with Gasteiger partial charge in [0.2, 0.25) is 11.8 Å². The van der Waals surface area contributed by atoms with Crippen LogP contribution in [0.4, 0.5) is 5.95 Å². The van der Waals surface area contributed by atoms with Crippen molar-refractivity contribution in [3.8, 4) is 5.88 Å². The smallest absolute Gasteiger partial charge is 0.224 e. The molecule has 0 aliphatic rings. The number of ether oxygens (including phenoxy) is 1. The number of nitrogens with zero attached hydrogens (tertiary/aromatic N) is 2. The number of hydrogen-bond acceptors (Lipinski definition) is 6. The van der Waals surface area contributed by atoms with Crippen LogP contribution in [0.15, 0.2) is 5.03 Å². The highest BCUT2D eigenvalue weighted by Gasteiger charge is 2.13. The van der Waals surface area contributed by atoms with E-state index in [4.69, 9.17) is 22.7 Å². The first-order valence-corrected chi connectivity index (χ1v) is 12.8. The molecule has 1 heterocycles. The van der Waals surface area contributed by atoms with Crippen molar-refractivity contribution in [2.75, 3.05) is 25.6 Å². The van der Waals surface area contributed by atoms with Gasteiger partial charge in [-0.15, -0.1) is 11.8 Å². The number of nitrogens with one attached hydrogen (secondary N) is 1. The maximum atomic E-state index is 5.74. The van der Waals surface area contributed by atoms with Gasteiger partial charge in [0, 0.05) is 12.1 Å². The third-order valence-electron chi connectivity index (χ3n) is 5.02. The van der Waals surface area contributed by atoms with Crippen LogP contribution in [-0.2, 0) is 6.42 Å². The van der Waals surface area contributed by atoms with Crippen LogP contribution in [0.2, 0.25) is 0 Å². The second-order valence-electron chi connectivity index (χ2n) is 7.46. The molecule has 0 aliphatic carbocycles. The van der Waals surface area contributed by atoms with E-state index in [0.29, 0.717) is 5.88 Å². The number of thiocarbonyl (C=S) groups is 1. The molecular weight excluding hydrogens is 400 g/mol. The SMILES string of the molecule is CCCCCCCCCC(=S)NCCCCCCc1c(OC)nc(N)nc1SC. The lowest BCUT2D eigenvalue weighted by Gasteiger charge is -2.12. The van der Waals surface area contributed by atoms with Gasteiger partial charge in [-0.05, 0) is 38.4 Å². The summed E-state index contributed by atoms with van der Waals surface area (Å²) < 4.78 is 5.39. The van der Waals surface area contributed by atoms with Gasteiger partial charge >= 0.3 is 0 Å². The molecule has 0 atom stereocenters. The van der Waals surface area contributed by atoms with E-state index in [1.807, 2.05) is 6.26 Å². The summed E-state index contributed by atoms with van der Waals surface area (Å²) in [5.74, 6) is 0.882. The molecule has 0 saturated heterocycles. The van der Waals surface area contributed by atoms with Crippen LogP contribution in [0.1, 0.15) is 89.5 Å². The topological polar surface area (TPSA) is 73.1 Å². The van der Waals surface area contributed by atoms with Gasteiger partial charge in [-0.3, -0.25) is 0 Å². The van der Waals surface area contributed by atoms with Crippen LogP contribution in [0.3, 0.4) is 0 Å². The van der Waals surface area contributed by atoms with Crippen molar-refractivity contribution >= 4 is 34.9 Å². The van der Waals surface area contributed by atoms with Gasteiger partial charge in [-0.1, -0.05) is 70.5 Å². The van der Waals surface area contributed by atoms with Crippen LogP contribution in [-0.4, -0.2) is 34.9 Å². The van der Waals surface area contributed by atoms with Gasteiger partial charge < -0.3 is 15.8 Å². The van der Waals surface area contributed by atoms with Gasteiger partial charge in [0.05, 0.1) is 12.1 Å². The predicted octanol–water partition coefficient (Wildman–Crippen LogP) is 5.95. The highest BCUT2D eigenvalue weighted by Crippen LogP contribution is 2.28. The van der Waals surface area contributed by atoms with Crippen molar-refractivity contribution in [1.29, 1.82) is 0 Å². The summed E-state index contributed by atoms with van der Waals surface area (Å²) in [6.07, 6.45) is 17.9. The summed E-state index contributed by atoms with van der Waals surface area (Å²) in [4.78, 5) is 9.56. The Kier molecular flexibility index (Phi) is 14.9. The zero-order valence-corrected chi connectivity index (χ0v) is 20.2. The molecule has 0 unspecified atom stereocenters. The molecule has 0 spiro atoms. The van der Waals surface area contributed by atoms with Crippen LogP contribution < -0.4 is 15.8 Å². The van der Waals surface area contributed by atoms with Crippen LogP contribution in [0.25, 0.3) is 0 Å². The molecule has 0 saturated carbocycles. The summed E-state index contributed by atoms with van der Waals surface area (Å²) >= 11 is 7.04. The first-order valence-electron chi connectivity index (χ1n) is 11.1. The first-order chi connectivity index (χ1) is 14.1. The molecule has 3 N–H and O–H groups in total. The number of nitrogen functional groups attached to an aromatic ring is 1. The third-order valence-corrected chi connectivity index (χ3v) is 6.09. The lowest BCUT2D eigenvalue weighted by Crippen LogP contribution is -2.22. The minimum atomic E-state index is 0.272. The fraction of sp³-hybridized carbons (Fsp3) is 0.773. The molecule has 1 aromatic heterocycles. The third kappa shape index (κ3) is 11.6. The lowest BCUT2D eigenvalue weighted by molar-refractivity contribution is 0.388. The number of nitrogens with two attached hydrogens (primary N) is 1. The van der Waals surface area contributed by atoms with Crippen LogP contribution >= 0.6 is 24.0 Å².